The number of carbonyl (C=O) groups excluding carboxylic acids is 1. The highest BCUT2D eigenvalue weighted by molar-refractivity contribution is 9.10. The van der Waals surface area contributed by atoms with Crippen molar-refractivity contribution in [2.45, 2.75) is 0 Å². The fraction of sp³-hybridized carbons (Fsp3) is 0. The van der Waals surface area contributed by atoms with Gasteiger partial charge in [-0.15, -0.1) is 11.3 Å². The lowest BCUT2D eigenvalue weighted by Crippen LogP contribution is -2.05. The molecule has 0 radical (unpaired) electrons. The molecule has 0 atom stereocenters. The third kappa shape index (κ3) is 2.52. The van der Waals surface area contributed by atoms with Crippen molar-refractivity contribution in [2.75, 3.05) is 0 Å². The largest absolute Gasteiger partial charge is 0.368 e. The van der Waals surface area contributed by atoms with Gasteiger partial charge in [-0.3, -0.25) is 0 Å². The zero-order valence-corrected chi connectivity index (χ0v) is 12.1. The van der Waals surface area contributed by atoms with E-state index in [0.717, 1.165) is 14.9 Å². The molecule has 1 aromatic carbocycles. The van der Waals surface area contributed by atoms with E-state index in [2.05, 4.69) is 21.1 Å². The number of thiophene rings is 1. The van der Waals surface area contributed by atoms with Crippen molar-refractivity contribution in [3.8, 4) is 0 Å². The van der Waals surface area contributed by atoms with E-state index in [1.54, 1.807) is 6.08 Å². The molecule has 1 aliphatic rings. The first-order valence-corrected chi connectivity index (χ1v) is 7.22. The SMILES string of the molecule is O=C1ON=C(c2cccs2)C1=Cc1cccc(Br)c1. The van der Waals surface area contributed by atoms with Gasteiger partial charge in [0, 0.05) is 4.47 Å². The molecule has 5 heteroatoms. The summed E-state index contributed by atoms with van der Waals surface area (Å²) in [4.78, 5) is 17.5. The van der Waals surface area contributed by atoms with Gasteiger partial charge in [-0.1, -0.05) is 39.3 Å². The number of hydrogen-bond acceptors (Lipinski definition) is 4. The smallest absolute Gasteiger partial charge is 0.312 e. The number of halogens is 1. The first-order valence-electron chi connectivity index (χ1n) is 5.55. The van der Waals surface area contributed by atoms with Crippen LogP contribution in [0.3, 0.4) is 0 Å². The highest BCUT2D eigenvalue weighted by atomic mass is 79.9. The maximum Gasteiger partial charge on any atom is 0.368 e. The van der Waals surface area contributed by atoms with Crippen LogP contribution >= 0.6 is 27.3 Å². The van der Waals surface area contributed by atoms with Gasteiger partial charge in [0.15, 0.2) is 0 Å². The average Bonchev–Trinajstić information content (AvgIpc) is 3.01. The number of carbonyl (C=O) groups is 1. The van der Waals surface area contributed by atoms with Gasteiger partial charge in [-0.05, 0) is 35.2 Å². The van der Waals surface area contributed by atoms with Gasteiger partial charge >= 0.3 is 5.97 Å². The van der Waals surface area contributed by atoms with Gasteiger partial charge < -0.3 is 4.84 Å². The molecule has 2 aromatic rings. The van der Waals surface area contributed by atoms with Gasteiger partial charge in [0.25, 0.3) is 0 Å². The summed E-state index contributed by atoms with van der Waals surface area (Å²) in [5.41, 5.74) is 2.01. The molecule has 1 aromatic heterocycles. The van der Waals surface area contributed by atoms with Gasteiger partial charge in [-0.2, -0.15) is 0 Å². The zero-order chi connectivity index (χ0) is 13.2. The fourth-order valence-corrected chi connectivity index (χ4v) is 2.90. The van der Waals surface area contributed by atoms with Crippen LogP contribution in [0.5, 0.6) is 0 Å². The molecule has 0 N–H and O–H groups in total. The van der Waals surface area contributed by atoms with Crippen molar-refractivity contribution in [3.05, 3.63) is 62.3 Å². The minimum atomic E-state index is -0.414. The highest BCUT2D eigenvalue weighted by Gasteiger charge is 2.27. The van der Waals surface area contributed by atoms with Crippen LogP contribution in [0.2, 0.25) is 0 Å². The Labute approximate surface area is 122 Å². The number of benzene rings is 1. The van der Waals surface area contributed by atoms with Crippen LogP contribution in [0.4, 0.5) is 0 Å². The van der Waals surface area contributed by atoms with E-state index in [1.807, 2.05) is 41.8 Å². The van der Waals surface area contributed by atoms with Crippen molar-refractivity contribution < 1.29 is 9.63 Å². The second kappa shape index (κ2) is 5.11. The van der Waals surface area contributed by atoms with Crippen LogP contribution in [0.1, 0.15) is 10.4 Å². The lowest BCUT2D eigenvalue weighted by Gasteiger charge is -1.98. The normalized spacial score (nSPS) is 16.6. The molecule has 0 unspecified atom stereocenters. The molecule has 0 amide bonds. The molecule has 3 nitrogen and oxygen atoms in total. The molecule has 1 aliphatic heterocycles. The molecule has 0 fully saturated rings. The van der Waals surface area contributed by atoms with Crippen LogP contribution in [-0.2, 0) is 9.63 Å². The first kappa shape index (κ1) is 12.3. The third-order valence-electron chi connectivity index (χ3n) is 2.61. The molecule has 0 spiro atoms. The summed E-state index contributed by atoms with van der Waals surface area (Å²) in [7, 11) is 0. The first-order chi connectivity index (χ1) is 9.24. The molecular formula is C14H8BrNO2S. The summed E-state index contributed by atoms with van der Waals surface area (Å²) in [6.07, 6.45) is 1.79. The van der Waals surface area contributed by atoms with E-state index >= 15 is 0 Å². The lowest BCUT2D eigenvalue weighted by atomic mass is 10.1. The molecule has 0 aliphatic carbocycles. The van der Waals surface area contributed by atoms with E-state index < -0.39 is 5.97 Å². The Morgan fingerprint density at radius 3 is 2.89 bits per heavy atom. The van der Waals surface area contributed by atoms with Gasteiger partial charge in [0.1, 0.15) is 5.71 Å². The molecule has 0 saturated carbocycles. The average molecular weight is 334 g/mol. The summed E-state index contributed by atoms with van der Waals surface area (Å²) >= 11 is 4.93. The minimum Gasteiger partial charge on any atom is -0.312 e. The van der Waals surface area contributed by atoms with Gasteiger partial charge in [0.05, 0.1) is 10.5 Å². The molecule has 3 rings (SSSR count). The Morgan fingerprint density at radius 1 is 1.26 bits per heavy atom. The van der Waals surface area contributed by atoms with Crippen molar-refractivity contribution in [3.63, 3.8) is 0 Å². The summed E-state index contributed by atoms with van der Waals surface area (Å²) < 4.78 is 0.961. The number of hydrogen-bond donors (Lipinski definition) is 0. The predicted octanol–water partition coefficient (Wildman–Crippen LogP) is 3.86. The predicted molar refractivity (Wildman–Crippen MR) is 79.1 cm³/mol. The van der Waals surface area contributed by atoms with Gasteiger partial charge in [0.2, 0.25) is 0 Å². The van der Waals surface area contributed by atoms with Crippen LogP contribution in [0.25, 0.3) is 6.08 Å². The van der Waals surface area contributed by atoms with Crippen molar-refractivity contribution in [1.82, 2.24) is 0 Å². The molecule has 19 heavy (non-hydrogen) atoms. The van der Waals surface area contributed by atoms with Crippen LogP contribution < -0.4 is 0 Å². The van der Waals surface area contributed by atoms with Crippen LogP contribution in [0, 0.1) is 0 Å². The van der Waals surface area contributed by atoms with E-state index in [1.165, 1.54) is 11.3 Å². The second-order valence-electron chi connectivity index (χ2n) is 3.91. The maximum atomic E-state index is 11.8. The third-order valence-corrected chi connectivity index (χ3v) is 3.98. The van der Waals surface area contributed by atoms with Crippen molar-refractivity contribution in [2.24, 2.45) is 5.16 Å². The maximum absolute atomic E-state index is 11.8. The molecule has 2 heterocycles. The Hall–Kier alpha value is -1.72. The minimum absolute atomic E-state index is 0.414. The van der Waals surface area contributed by atoms with E-state index in [4.69, 9.17) is 4.84 Å². The summed E-state index contributed by atoms with van der Waals surface area (Å²) in [5.74, 6) is -0.414. The Balaban J connectivity index is 2.02. The second-order valence-corrected chi connectivity index (χ2v) is 5.77. The van der Waals surface area contributed by atoms with Crippen molar-refractivity contribution in [1.29, 1.82) is 0 Å². The topological polar surface area (TPSA) is 38.7 Å². The molecule has 0 saturated heterocycles. The summed E-state index contributed by atoms with van der Waals surface area (Å²) in [6, 6.07) is 11.5. The van der Waals surface area contributed by atoms with Crippen LogP contribution in [-0.4, -0.2) is 11.7 Å². The van der Waals surface area contributed by atoms with Crippen molar-refractivity contribution >= 4 is 45.0 Å². The highest BCUT2D eigenvalue weighted by Crippen LogP contribution is 2.24. The zero-order valence-electron chi connectivity index (χ0n) is 9.67. The molecule has 94 valence electrons. The molecule has 0 bridgehead atoms. The Bertz CT molecular complexity index is 689. The molecular weight excluding hydrogens is 326 g/mol. The lowest BCUT2D eigenvalue weighted by molar-refractivity contribution is -0.136. The standard InChI is InChI=1S/C14H8BrNO2S/c15-10-4-1-3-9(7-10)8-11-13(16-18-14(11)17)12-5-2-6-19-12/h1-8H. The van der Waals surface area contributed by atoms with E-state index in [-0.39, 0.29) is 0 Å². The fourth-order valence-electron chi connectivity index (χ4n) is 1.76. The Kier molecular flexibility index (Phi) is 3.31. The number of oxime groups is 1. The summed E-state index contributed by atoms with van der Waals surface area (Å²) in [6.45, 7) is 0. The Morgan fingerprint density at radius 2 is 2.16 bits per heavy atom. The van der Waals surface area contributed by atoms with E-state index in [9.17, 15) is 4.79 Å². The van der Waals surface area contributed by atoms with E-state index in [0.29, 0.717) is 11.3 Å². The number of rotatable bonds is 2. The quantitative estimate of drug-likeness (QED) is 0.618. The van der Waals surface area contributed by atoms with Crippen LogP contribution in [0.15, 0.2) is 57.0 Å². The summed E-state index contributed by atoms with van der Waals surface area (Å²) in [5, 5.41) is 5.80. The number of nitrogens with zero attached hydrogens (tertiary/aromatic N) is 1. The van der Waals surface area contributed by atoms with Gasteiger partial charge in [-0.25, -0.2) is 4.79 Å². The monoisotopic (exact) mass is 333 g/mol.